The molecule has 0 spiro atoms. The van der Waals surface area contributed by atoms with Crippen LogP contribution in [0.4, 0.5) is 0 Å². The molecule has 0 saturated carbocycles. The Morgan fingerprint density at radius 3 is 2.18 bits per heavy atom. The lowest BCUT2D eigenvalue weighted by molar-refractivity contribution is -0.168. The smallest absolute Gasteiger partial charge is 0.328 e. The Balaban J connectivity index is 3.10. The van der Waals surface area contributed by atoms with Gasteiger partial charge in [-0.3, -0.25) is 9.59 Å². The van der Waals surface area contributed by atoms with E-state index >= 15 is 0 Å². The number of nitrogens with zero attached hydrogens (tertiary/aromatic N) is 1. The molecule has 1 fully saturated rings. The molecule has 0 radical (unpaired) electrons. The van der Waals surface area contributed by atoms with E-state index < -0.39 is 37.6 Å². The van der Waals surface area contributed by atoms with Crippen LogP contribution in [0.1, 0.15) is 27.7 Å². The van der Waals surface area contributed by atoms with Crippen LogP contribution in [0, 0.1) is 5.41 Å². The number of ether oxygens (including phenoxy) is 2. The first kappa shape index (κ1) is 18.7. The fourth-order valence-electron chi connectivity index (χ4n) is 2.76. The van der Waals surface area contributed by atoms with E-state index in [0.29, 0.717) is 12.2 Å². The highest BCUT2D eigenvalue weighted by atomic mass is 28.3. The molecule has 1 saturated heterocycles. The molecule has 0 aromatic rings. The molecule has 0 N–H and O–H groups in total. The third-order valence-electron chi connectivity index (χ3n) is 3.77. The minimum Gasteiger partial charge on any atom is -0.467 e. The molecule has 1 heterocycles. The Bertz CT molecular complexity index is 469. The SMILES string of the molecule is COC(=O)[C@@H]1C[Si](C)(C)CN1C(=O)[C@H](OC(C)=O)C(C)(C)C. The van der Waals surface area contributed by atoms with Crippen LogP contribution in [-0.2, 0) is 23.9 Å². The van der Waals surface area contributed by atoms with Crippen molar-refractivity contribution in [2.75, 3.05) is 13.3 Å². The number of carbonyl (C=O) groups is 3. The maximum atomic E-state index is 12.9. The molecule has 0 aromatic carbocycles. The molecule has 0 aliphatic carbocycles. The average Bonchev–Trinajstić information content (AvgIpc) is 2.69. The van der Waals surface area contributed by atoms with E-state index in [1.807, 2.05) is 20.8 Å². The van der Waals surface area contributed by atoms with Gasteiger partial charge in [0.25, 0.3) is 5.91 Å². The molecule has 6 nitrogen and oxygen atoms in total. The minimum atomic E-state index is -1.69. The second-order valence-electron chi connectivity index (χ2n) is 7.73. The number of hydrogen-bond acceptors (Lipinski definition) is 5. The number of carbonyl (C=O) groups excluding carboxylic acids is 3. The van der Waals surface area contributed by atoms with E-state index in [0.717, 1.165) is 0 Å². The zero-order valence-corrected chi connectivity index (χ0v) is 15.6. The standard InChI is InChI=1S/C15H27NO5Si/c1-10(17)21-12(15(2,3)4)13(18)16-9-22(6,7)8-11(16)14(19)20-5/h11-12H,8-9H2,1-7H3/t11-,12-/m0/s1. The van der Waals surface area contributed by atoms with Gasteiger partial charge in [0.15, 0.2) is 6.10 Å². The van der Waals surface area contributed by atoms with Gasteiger partial charge in [0, 0.05) is 18.5 Å². The molecular formula is C15H27NO5Si. The molecule has 1 rings (SSSR count). The highest BCUT2D eigenvalue weighted by Crippen LogP contribution is 2.32. The van der Waals surface area contributed by atoms with Gasteiger partial charge < -0.3 is 14.4 Å². The molecular weight excluding hydrogens is 302 g/mol. The van der Waals surface area contributed by atoms with Crippen molar-refractivity contribution in [3.8, 4) is 0 Å². The average molecular weight is 329 g/mol. The monoisotopic (exact) mass is 329 g/mol. The van der Waals surface area contributed by atoms with Crippen LogP contribution in [0.15, 0.2) is 0 Å². The Labute approximate surface area is 133 Å². The predicted molar refractivity (Wildman–Crippen MR) is 84.8 cm³/mol. The largest absolute Gasteiger partial charge is 0.467 e. The summed E-state index contributed by atoms with van der Waals surface area (Å²) in [5.41, 5.74) is -0.544. The van der Waals surface area contributed by atoms with Gasteiger partial charge in [-0.05, 0) is 6.04 Å². The third kappa shape index (κ3) is 4.31. The van der Waals surface area contributed by atoms with Gasteiger partial charge in [0.05, 0.1) is 15.2 Å². The van der Waals surface area contributed by atoms with E-state index in [1.54, 1.807) is 4.90 Å². The summed E-state index contributed by atoms with van der Waals surface area (Å²) in [5.74, 6) is -1.21. The molecule has 1 amide bonds. The van der Waals surface area contributed by atoms with Crippen LogP contribution < -0.4 is 0 Å². The fourth-order valence-corrected chi connectivity index (χ4v) is 5.62. The van der Waals surface area contributed by atoms with Gasteiger partial charge in [0.2, 0.25) is 0 Å². The fraction of sp³-hybridized carbons (Fsp3) is 0.800. The molecule has 126 valence electrons. The highest BCUT2D eigenvalue weighted by Gasteiger charge is 2.49. The van der Waals surface area contributed by atoms with Crippen molar-refractivity contribution in [1.29, 1.82) is 0 Å². The Morgan fingerprint density at radius 2 is 1.77 bits per heavy atom. The molecule has 1 aliphatic rings. The molecule has 0 aromatic heterocycles. The number of hydrogen-bond donors (Lipinski definition) is 0. The Morgan fingerprint density at radius 1 is 1.23 bits per heavy atom. The van der Waals surface area contributed by atoms with Gasteiger partial charge in [-0.25, -0.2) is 4.79 Å². The van der Waals surface area contributed by atoms with Crippen LogP contribution in [0.5, 0.6) is 0 Å². The number of rotatable bonds is 3. The summed E-state index contributed by atoms with van der Waals surface area (Å²) < 4.78 is 10.1. The quantitative estimate of drug-likeness (QED) is 0.581. The van der Waals surface area contributed by atoms with Gasteiger partial charge in [0.1, 0.15) is 6.04 Å². The van der Waals surface area contributed by atoms with E-state index in [1.165, 1.54) is 14.0 Å². The topological polar surface area (TPSA) is 72.9 Å². The summed E-state index contributed by atoms with van der Waals surface area (Å²) in [5, 5.41) is 0. The number of amides is 1. The summed E-state index contributed by atoms with van der Waals surface area (Å²) in [6, 6.07) is 0.0992. The summed E-state index contributed by atoms with van der Waals surface area (Å²) in [6.45, 7) is 11.1. The lowest BCUT2D eigenvalue weighted by Crippen LogP contribution is -2.51. The van der Waals surface area contributed by atoms with Crippen LogP contribution in [0.3, 0.4) is 0 Å². The van der Waals surface area contributed by atoms with E-state index in [4.69, 9.17) is 9.47 Å². The summed E-state index contributed by atoms with van der Waals surface area (Å²) in [6.07, 6.45) is -0.334. The maximum absolute atomic E-state index is 12.9. The van der Waals surface area contributed by atoms with E-state index in [-0.39, 0.29) is 5.91 Å². The van der Waals surface area contributed by atoms with E-state index in [9.17, 15) is 14.4 Å². The van der Waals surface area contributed by atoms with Crippen molar-refractivity contribution in [3.63, 3.8) is 0 Å². The third-order valence-corrected chi connectivity index (χ3v) is 6.46. The van der Waals surface area contributed by atoms with Crippen molar-refractivity contribution in [1.82, 2.24) is 4.90 Å². The van der Waals surface area contributed by atoms with Crippen LogP contribution in [0.2, 0.25) is 19.1 Å². The van der Waals surface area contributed by atoms with Crippen LogP contribution in [-0.4, -0.2) is 56.2 Å². The first-order valence-electron chi connectivity index (χ1n) is 7.44. The minimum absolute atomic E-state index is 0.309. The normalized spacial score (nSPS) is 22.1. The predicted octanol–water partition coefficient (Wildman–Crippen LogP) is 1.60. The van der Waals surface area contributed by atoms with Gasteiger partial charge in [-0.15, -0.1) is 0 Å². The van der Waals surface area contributed by atoms with E-state index in [2.05, 4.69) is 13.1 Å². The molecule has 0 unspecified atom stereocenters. The van der Waals surface area contributed by atoms with Crippen molar-refractivity contribution < 1.29 is 23.9 Å². The zero-order chi connectivity index (χ0) is 17.3. The van der Waals surface area contributed by atoms with Crippen molar-refractivity contribution >= 4 is 25.9 Å². The van der Waals surface area contributed by atoms with Gasteiger partial charge in [-0.1, -0.05) is 33.9 Å². The molecule has 0 bridgehead atoms. The van der Waals surface area contributed by atoms with Gasteiger partial charge >= 0.3 is 11.9 Å². The lowest BCUT2D eigenvalue weighted by Gasteiger charge is -2.34. The summed E-state index contributed by atoms with van der Waals surface area (Å²) >= 11 is 0. The van der Waals surface area contributed by atoms with Crippen molar-refractivity contribution in [2.45, 2.75) is 59.0 Å². The Kier molecular flexibility index (Phi) is 5.43. The maximum Gasteiger partial charge on any atom is 0.328 e. The molecule has 2 atom stereocenters. The molecule has 7 heteroatoms. The lowest BCUT2D eigenvalue weighted by atomic mass is 9.88. The van der Waals surface area contributed by atoms with Crippen LogP contribution >= 0.6 is 0 Å². The zero-order valence-electron chi connectivity index (χ0n) is 14.6. The summed E-state index contributed by atoms with van der Waals surface area (Å²) in [4.78, 5) is 37.8. The first-order valence-corrected chi connectivity index (χ1v) is 10.9. The number of esters is 2. The van der Waals surface area contributed by atoms with Crippen molar-refractivity contribution in [2.24, 2.45) is 5.41 Å². The second kappa shape index (κ2) is 6.40. The molecule has 1 aliphatic heterocycles. The van der Waals surface area contributed by atoms with Crippen LogP contribution in [0.25, 0.3) is 0 Å². The highest BCUT2D eigenvalue weighted by molar-refractivity contribution is 6.79. The second-order valence-corrected chi connectivity index (χ2v) is 12.8. The van der Waals surface area contributed by atoms with Crippen molar-refractivity contribution in [3.05, 3.63) is 0 Å². The summed E-state index contributed by atoms with van der Waals surface area (Å²) in [7, 11) is -0.365. The number of methoxy groups -OCH3 is 1. The van der Waals surface area contributed by atoms with Gasteiger partial charge in [-0.2, -0.15) is 0 Å². The Hall–Kier alpha value is -1.37. The molecule has 22 heavy (non-hydrogen) atoms. The first-order chi connectivity index (χ1) is 9.89.